The number of rotatable bonds is 8. The molecule has 3 unspecified atom stereocenters. The zero-order valence-electron chi connectivity index (χ0n) is 10.9. The Labute approximate surface area is 107 Å². The van der Waals surface area contributed by atoms with E-state index in [0.717, 1.165) is 12.8 Å². The summed E-state index contributed by atoms with van der Waals surface area (Å²) in [7, 11) is -0.791. The van der Waals surface area contributed by atoms with Gasteiger partial charge in [-0.05, 0) is 19.8 Å². The number of aliphatic hydroxyl groups is 1. The highest BCUT2D eigenvalue weighted by Gasteiger charge is 2.17. The summed E-state index contributed by atoms with van der Waals surface area (Å²) in [6.45, 7) is 2.89. The van der Waals surface area contributed by atoms with Gasteiger partial charge in [0.15, 0.2) is 0 Å². The van der Waals surface area contributed by atoms with Crippen molar-refractivity contribution in [2.45, 2.75) is 50.9 Å². The molecular formula is C12H25NO3S. The van der Waals surface area contributed by atoms with Gasteiger partial charge in [0, 0.05) is 35.4 Å². The van der Waals surface area contributed by atoms with E-state index in [-0.39, 0.29) is 6.04 Å². The maximum absolute atomic E-state index is 11.0. The minimum atomic E-state index is -0.791. The minimum Gasteiger partial charge on any atom is -0.389 e. The lowest BCUT2D eigenvalue weighted by molar-refractivity contribution is -0.00589. The second-order valence-corrected chi connectivity index (χ2v) is 6.42. The summed E-state index contributed by atoms with van der Waals surface area (Å²) < 4.78 is 16.6. The van der Waals surface area contributed by atoms with Crippen molar-refractivity contribution >= 4 is 10.8 Å². The summed E-state index contributed by atoms with van der Waals surface area (Å²) in [5, 5.41) is 12.9. The molecule has 0 radical (unpaired) electrons. The molecule has 1 saturated carbocycles. The first kappa shape index (κ1) is 15.1. The van der Waals surface area contributed by atoms with Crippen molar-refractivity contribution in [1.29, 1.82) is 0 Å². The van der Waals surface area contributed by atoms with Gasteiger partial charge in [0.1, 0.15) is 0 Å². The monoisotopic (exact) mass is 263 g/mol. The normalized spacial score (nSPS) is 22.5. The van der Waals surface area contributed by atoms with Crippen LogP contribution in [0, 0.1) is 0 Å². The van der Waals surface area contributed by atoms with Crippen LogP contribution in [-0.2, 0) is 15.5 Å². The molecule has 1 aliphatic carbocycles. The molecule has 0 aromatic carbocycles. The highest BCUT2D eigenvalue weighted by atomic mass is 32.2. The third kappa shape index (κ3) is 7.13. The largest absolute Gasteiger partial charge is 0.389 e. The maximum Gasteiger partial charge on any atom is 0.0897 e. The lowest BCUT2D eigenvalue weighted by Crippen LogP contribution is -2.38. The highest BCUT2D eigenvalue weighted by Crippen LogP contribution is 2.20. The summed E-state index contributed by atoms with van der Waals surface area (Å²) in [4.78, 5) is 0. The summed E-state index contributed by atoms with van der Waals surface area (Å²) >= 11 is 0. The first-order valence-electron chi connectivity index (χ1n) is 6.41. The molecule has 17 heavy (non-hydrogen) atoms. The molecule has 1 aliphatic rings. The molecule has 0 heterocycles. The zero-order valence-corrected chi connectivity index (χ0v) is 11.7. The number of nitrogens with one attached hydrogen (secondary N) is 1. The Bertz CT molecular complexity index is 232. The van der Waals surface area contributed by atoms with Crippen molar-refractivity contribution in [3.05, 3.63) is 0 Å². The Balaban J connectivity index is 2.03. The van der Waals surface area contributed by atoms with Crippen molar-refractivity contribution in [1.82, 2.24) is 5.32 Å². The number of aliphatic hydroxyl groups excluding tert-OH is 1. The first-order valence-corrected chi connectivity index (χ1v) is 8.13. The molecule has 0 spiro atoms. The smallest absolute Gasteiger partial charge is 0.0897 e. The number of hydrogen-bond donors (Lipinski definition) is 2. The molecule has 0 bridgehead atoms. The van der Waals surface area contributed by atoms with Crippen LogP contribution in [0.2, 0.25) is 0 Å². The van der Waals surface area contributed by atoms with Crippen LogP contribution in [0.25, 0.3) is 0 Å². The van der Waals surface area contributed by atoms with Crippen molar-refractivity contribution in [3.8, 4) is 0 Å². The summed E-state index contributed by atoms with van der Waals surface area (Å²) in [5.74, 6) is 0.621. The first-order chi connectivity index (χ1) is 8.08. The molecule has 2 N–H and O–H groups in total. The van der Waals surface area contributed by atoms with Crippen LogP contribution < -0.4 is 5.32 Å². The van der Waals surface area contributed by atoms with Gasteiger partial charge in [-0.1, -0.05) is 12.8 Å². The van der Waals surface area contributed by atoms with E-state index >= 15 is 0 Å². The molecule has 1 rings (SSSR count). The Morgan fingerprint density at radius 2 is 2.12 bits per heavy atom. The molecule has 102 valence electrons. The van der Waals surface area contributed by atoms with Crippen LogP contribution in [-0.4, -0.2) is 52.7 Å². The second kappa shape index (κ2) is 8.19. The van der Waals surface area contributed by atoms with E-state index in [0.29, 0.717) is 25.0 Å². The van der Waals surface area contributed by atoms with Crippen LogP contribution >= 0.6 is 0 Å². The Hall–Kier alpha value is 0.0300. The van der Waals surface area contributed by atoms with E-state index in [1.54, 1.807) is 6.26 Å². The lowest BCUT2D eigenvalue weighted by Gasteiger charge is -2.18. The molecule has 0 aliphatic heterocycles. The summed E-state index contributed by atoms with van der Waals surface area (Å²) in [5.41, 5.74) is 0. The minimum absolute atomic E-state index is 0.168. The Morgan fingerprint density at radius 1 is 1.47 bits per heavy atom. The van der Waals surface area contributed by atoms with E-state index in [4.69, 9.17) is 4.74 Å². The third-order valence-corrected chi connectivity index (χ3v) is 3.98. The molecule has 5 heteroatoms. The van der Waals surface area contributed by atoms with E-state index in [1.807, 2.05) is 6.92 Å². The predicted molar refractivity (Wildman–Crippen MR) is 70.6 cm³/mol. The van der Waals surface area contributed by atoms with E-state index in [1.165, 1.54) is 12.8 Å². The molecule has 1 fully saturated rings. The van der Waals surface area contributed by atoms with Crippen molar-refractivity contribution in [2.75, 3.05) is 25.2 Å². The van der Waals surface area contributed by atoms with Crippen molar-refractivity contribution in [3.63, 3.8) is 0 Å². The fourth-order valence-corrected chi connectivity index (χ4v) is 2.93. The molecule has 4 nitrogen and oxygen atoms in total. The Morgan fingerprint density at radius 3 is 2.71 bits per heavy atom. The molecule has 0 aromatic rings. The fourth-order valence-electron chi connectivity index (χ4n) is 2.11. The maximum atomic E-state index is 11.0. The average molecular weight is 263 g/mol. The van der Waals surface area contributed by atoms with Gasteiger partial charge in [0.25, 0.3) is 0 Å². The van der Waals surface area contributed by atoms with Gasteiger partial charge >= 0.3 is 0 Å². The van der Waals surface area contributed by atoms with Gasteiger partial charge in [-0.15, -0.1) is 0 Å². The van der Waals surface area contributed by atoms with Crippen LogP contribution in [0.5, 0.6) is 0 Å². The highest BCUT2D eigenvalue weighted by molar-refractivity contribution is 7.84. The summed E-state index contributed by atoms with van der Waals surface area (Å²) in [6.07, 6.45) is 6.33. The van der Waals surface area contributed by atoms with Gasteiger partial charge < -0.3 is 15.2 Å². The summed E-state index contributed by atoms with van der Waals surface area (Å²) in [6, 6.07) is 0.168. The standard InChI is InChI=1S/C12H25NO3S/c1-10(9-17(2)15)13-7-11(14)8-16-12-5-3-4-6-12/h10-14H,3-9H2,1-2H3. The van der Waals surface area contributed by atoms with Gasteiger partial charge in [-0.3, -0.25) is 4.21 Å². The predicted octanol–water partition coefficient (Wildman–Crippen LogP) is 0.663. The number of ether oxygens (including phenoxy) is 1. The third-order valence-electron chi connectivity index (χ3n) is 3.01. The quantitative estimate of drug-likeness (QED) is 0.675. The van der Waals surface area contributed by atoms with Crippen LogP contribution in [0.15, 0.2) is 0 Å². The molecule has 0 amide bonds. The van der Waals surface area contributed by atoms with E-state index < -0.39 is 16.9 Å². The van der Waals surface area contributed by atoms with Gasteiger partial charge in [0.2, 0.25) is 0 Å². The van der Waals surface area contributed by atoms with Crippen molar-refractivity contribution in [2.24, 2.45) is 0 Å². The van der Waals surface area contributed by atoms with Gasteiger partial charge in [-0.25, -0.2) is 0 Å². The van der Waals surface area contributed by atoms with Crippen LogP contribution in [0.4, 0.5) is 0 Å². The molecule has 0 saturated heterocycles. The fraction of sp³-hybridized carbons (Fsp3) is 1.00. The Kier molecular flexibility index (Phi) is 7.27. The number of hydrogen-bond acceptors (Lipinski definition) is 4. The van der Waals surface area contributed by atoms with Gasteiger partial charge in [0.05, 0.1) is 18.8 Å². The second-order valence-electron chi connectivity index (χ2n) is 4.94. The molecule has 0 aromatic heterocycles. The van der Waals surface area contributed by atoms with Crippen LogP contribution in [0.3, 0.4) is 0 Å². The lowest BCUT2D eigenvalue weighted by atomic mass is 10.3. The van der Waals surface area contributed by atoms with Crippen LogP contribution in [0.1, 0.15) is 32.6 Å². The van der Waals surface area contributed by atoms with Crippen molar-refractivity contribution < 1.29 is 14.1 Å². The van der Waals surface area contributed by atoms with E-state index in [9.17, 15) is 9.32 Å². The average Bonchev–Trinajstić information content (AvgIpc) is 2.75. The molecule has 3 atom stereocenters. The van der Waals surface area contributed by atoms with Gasteiger partial charge in [-0.2, -0.15) is 0 Å². The SMILES string of the molecule is CC(CS(C)=O)NCC(O)COC1CCCC1. The topological polar surface area (TPSA) is 58.6 Å². The zero-order chi connectivity index (χ0) is 12.7. The molecular weight excluding hydrogens is 238 g/mol. The van der Waals surface area contributed by atoms with E-state index in [2.05, 4.69) is 5.32 Å².